The van der Waals surface area contributed by atoms with Gasteiger partial charge in [-0.25, -0.2) is 0 Å². The summed E-state index contributed by atoms with van der Waals surface area (Å²) in [6, 6.07) is 15.2. The lowest BCUT2D eigenvalue weighted by Gasteiger charge is -2.21. The zero-order chi connectivity index (χ0) is 24.9. The van der Waals surface area contributed by atoms with Gasteiger partial charge in [-0.1, -0.05) is 30.3 Å². The molecule has 3 aromatic carbocycles. The van der Waals surface area contributed by atoms with E-state index in [1.54, 1.807) is 18.2 Å². The van der Waals surface area contributed by atoms with Gasteiger partial charge in [0.1, 0.15) is 34.3 Å². The first-order valence-electron chi connectivity index (χ1n) is 10.1. The topological polar surface area (TPSA) is 97.4 Å². The first-order chi connectivity index (χ1) is 16.3. The molecule has 0 saturated carbocycles. The molecule has 0 aliphatic carbocycles. The molecule has 178 valence electrons. The molecule has 3 rings (SSSR count). The van der Waals surface area contributed by atoms with Gasteiger partial charge in [-0.3, -0.25) is 9.59 Å². The highest BCUT2D eigenvalue weighted by Crippen LogP contribution is 2.55. The summed E-state index contributed by atoms with van der Waals surface area (Å²) in [6.45, 7) is 0. The molecule has 0 N–H and O–H groups in total. The second kappa shape index (κ2) is 10.4. The highest BCUT2D eigenvalue weighted by molar-refractivity contribution is 8.01. The lowest BCUT2D eigenvalue weighted by molar-refractivity contribution is 0.103. The standard InChI is InChI=1S/C25H25O8P/c1-29-16-11-12-19(20(13-16)31-3)24(26)34(28,18-9-7-6-8-10-18)25(27)23-21(32-4)14-17(30-2)15-22(23)33-5/h6-15H,1-5H3. The number of hydrogen-bond acceptors (Lipinski definition) is 8. The van der Waals surface area contributed by atoms with Crippen LogP contribution in [-0.2, 0) is 4.57 Å². The fraction of sp³-hybridized carbons (Fsp3) is 0.200. The van der Waals surface area contributed by atoms with E-state index >= 15 is 0 Å². The third-order valence-electron chi connectivity index (χ3n) is 5.26. The maximum atomic E-state index is 14.6. The van der Waals surface area contributed by atoms with Crippen LogP contribution >= 0.6 is 7.14 Å². The van der Waals surface area contributed by atoms with Gasteiger partial charge in [0.2, 0.25) is 18.2 Å². The molecule has 1 atom stereocenters. The molecule has 8 nitrogen and oxygen atoms in total. The maximum Gasteiger partial charge on any atom is 0.249 e. The Morgan fingerprint density at radius 2 is 1.15 bits per heavy atom. The van der Waals surface area contributed by atoms with Crippen molar-refractivity contribution in [3.05, 3.63) is 71.8 Å². The van der Waals surface area contributed by atoms with Crippen molar-refractivity contribution in [1.82, 2.24) is 0 Å². The Bertz CT molecular complexity index is 1230. The Morgan fingerprint density at radius 3 is 1.65 bits per heavy atom. The van der Waals surface area contributed by atoms with Gasteiger partial charge >= 0.3 is 0 Å². The van der Waals surface area contributed by atoms with Crippen molar-refractivity contribution < 1.29 is 37.8 Å². The van der Waals surface area contributed by atoms with Crippen LogP contribution in [0.25, 0.3) is 0 Å². The molecule has 0 fully saturated rings. The van der Waals surface area contributed by atoms with E-state index in [2.05, 4.69) is 0 Å². The van der Waals surface area contributed by atoms with Gasteiger partial charge in [-0.2, -0.15) is 0 Å². The van der Waals surface area contributed by atoms with Gasteiger partial charge < -0.3 is 28.2 Å². The number of carbonyl (C=O) groups is 2. The summed E-state index contributed by atoms with van der Waals surface area (Å²) >= 11 is 0. The van der Waals surface area contributed by atoms with Crippen LogP contribution in [0.5, 0.6) is 28.7 Å². The molecule has 0 radical (unpaired) electrons. The third kappa shape index (κ3) is 4.37. The summed E-state index contributed by atoms with van der Waals surface area (Å²) in [5.74, 6) is 1.05. The Kier molecular flexibility index (Phi) is 7.64. The van der Waals surface area contributed by atoms with Crippen molar-refractivity contribution >= 4 is 23.5 Å². The zero-order valence-corrected chi connectivity index (χ0v) is 20.4. The molecular formula is C25H25O8P. The number of rotatable bonds is 10. The zero-order valence-electron chi connectivity index (χ0n) is 19.5. The molecule has 0 aromatic heterocycles. The summed E-state index contributed by atoms with van der Waals surface area (Å²) in [5.41, 5.74) is -1.96. The molecule has 3 aromatic rings. The summed E-state index contributed by atoms with van der Waals surface area (Å²) in [5, 5.41) is 0.0720. The van der Waals surface area contributed by atoms with E-state index in [0.717, 1.165) is 0 Å². The first kappa shape index (κ1) is 24.9. The molecule has 0 heterocycles. The summed E-state index contributed by atoms with van der Waals surface area (Å²) in [6.07, 6.45) is 0. The van der Waals surface area contributed by atoms with Crippen molar-refractivity contribution in [2.75, 3.05) is 35.5 Å². The second-order valence-electron chi connectivity index (χ2n) is 7.03. The quantitative estimate of drug-likeness (QED) is 0.391. The molecular weight excluding hydrogens is 459 g/mol. The normalized spacial score (nSPS) is 12.3. The third-order valence-corrected chi connectivity index (χ3v) is 7.89. The Morgan fingerprint density at radius 1 is 0.618 bits per heavy atom. The van der Waals surface area contributed by atoms with E-state index in [9.17, 15) is 14.2 Å². The number of ether oxygens (including phenoxy) is 5. The lowest BCUT2D eigenvalue weighted by Crippen LogP contribution is -2.22. The van der Waals surface area contributed by atoms with E-state index in [0.29, 0.717) is 11.5 Å². The minimum atomic E-state index is -4.46. The molecule has 0 amide bonds. The summed E-state index contributed by atoms with van der Waals surface area (Å²) < 4.78 is 41.2. The van der Waals surface area contributed by atoms with Gasteiger partial charge in [0.15, 0.2) is 0 Å². The van der Waals surface area contributed by atoms with Gasteiger partial charge in [0.25, 0.3) is 0 Å². The van der Waals surface area contributed by atoms with Crippen LogP contribution < -0.4 is 29.0 Å². The van der Waals surface area contributed by atoms with Crippen LogP contribution in [0.3, 0.4) is 0 Å². The van der Waals surface area contributed by atoms with E-state index in [1.165, 1.54) is 78.0 Å². The Hall–Kier alpha value is -3.77. The molecule has 0 spiro atoms. The van der Waals surface area contributed by atoms with Crippen molar-refractivity contribution in [3.8, 4) is 28.7 Å². The van der Waals surface area contributed by atoms with Crippen molar-refractivity contribution in [1.29, 1.82) is 0 Å². The van der Waals surface area contributed by atoms with E-state index in [4.69, 9.17) is 23.7 Å². The van der Waals surface area contributed by atoms with Crippen LogP contribution in [0.2, 0.25) is 0 Å². The second-order valence-corrected chi connectivity index (χ2v) is 9.58. The van der Waals surface area contributed by atoms with Crippen LogP contribution in [0.1, 0.15) is 20.7 Å². The summed E-state index contributed by atoms with van der Waals surface area (Å²) in [4.78, 5) is 27.9. The monoisotopic (exact) mass is 484 g/mol. The predicted octanol–water partition coefficient (Wildman–Crippen LogP) is 4.40. The molecule has 34 heavy (non-hydrogen) atoms. The maximum absolute atomic E-state index is 14.6. The van der Waals surface area contributed by atoms with Gasteiger partial charge in [-0.05, 0) is 12.1 Å². The first-order valence-corrected chi connectivity index (χ1v) is 11.8. The number of hydrogen-bond donors (Lipinski definition) is 0. The fourth-order valence-corrected chi connectivity index (χ4v) is 5.79. The van der Waals surface area contributed by atoms with Crippen LogP contribution in [-0.4, -0.2) is 46.6 Å². The van der Waals surface area contributed by atoms with Crippen LogP contribution in [0, 0.1) is 0 Å². The Balaban J connectivity index is 2.30. The largest absolute Gasteiger partial charge is 0.497 e. The molecule has 0 saturated heterocycles. The van der Waals surface area contributed by atoms with Crippen LogP contribution in [0.4, 0.5) is 0 Å². The molecule has 0 aliphatic heterocycles. The Labute approximate surface area is 197 Å². The molecule has 9 heteroatoms. The average molecular weight is 484 g/mol. The number of benzene rings is 3. The van der Waals surface area contributed by atoms with Crippen molar-refractivity contribution in [2.45, 2.75) is 0 Å². The minimum absolute atomic E-state index is 0.0183. The van der Waals surface area contributed by atoms with E-state index < -0.39 is 18.2 Å². The average Bonchev–Trinajstić information content (AvgIpc) is 2.90. The highest BCUT2D eigenvalue weighted by Gasteiger charge is 2.46. The summed E-state index contributed by atoms with van der Waals surface area (Å²) in [7, 11) is 2.53. The van der Waals surface area contributed by atoms with Crippen molar-refractivity contribution in [3.63, 3.8) is 0 Å². The fourth-order valence-electron chi connectivity index (χ4n) is 3.48. The molecule has 0 bridgehead atoms. The van der Waals surface area contributed by atoms with Gasteiger partial charge in [-0.15, -0.1) is 0 Å². The highest BCUT2D eigenvalue weighted by atomic mass is 31.2. The SMILES string of the molecule is COc1ccc(C(=O)P(=O)(C(=O)c2c(OC)cc(OC)cc2OC)c2ccccc2)c(OC)c1. The van der Waals surface area contributed by atoms with Gasteiger partial charge in [0, 0.05) is 23.5 Å². The number of carbonyl (C=O) groups excluding carboxylic acids is 2. The smallest absolute Gasteiger partial charge is 0.249 e. The molecule has 1 unspecified atom stereocenters. The van der Waals surface area contributed by atoms with E-state index in [1.807, 2.05) is 0 Å². The number of methoxy groups -OCH3 is 5. The van der Waals surface area contributed by atoms with Crippen molar-refractivity contribution in [2.24, 2.45) is 0 Å². The molecule has 0 aliphatic rings. The van der Waals surface area contributed by atoms with Crippen LogP contribution in [0.15, 0.2) is 60.7 Å². The van der Waals surface area contributed by atoms with E-state index in [-0.39, 0.29) is 33.7 Å². The van der Waals surface area contributed by atoms with Gasteiger partial charge in [0.05, 0.1) is 41.1 Å². The lowest BCUT2D eigenvalue weighted by atomic mass is 10.2. The predicted molar refractivity (Wildman–Crippen MR) is 128 cm³/mol. The minimum Gasteiger partial charge on any atom is -0.497 e.